The highest BCUT2D eigenvalue weighted by atomic mass is 19.1. The molecule has 2 aliphatic rings. The van der Waals surface area contributed by atoms with Gasteiger partial charge in [-0.1, -0.05) is 30.3 Å². The fourth-order valence-corrected chi connectivity index (χ4v) is 5.80. The second-order valence-corrected chi connectivity index (χ2v) is 11.2. The number of aromatic nitrogens is 1. The van der Waals surface area contributed by atoms with Gasteiger partial charge in [0.15, 0.2) is 5.82 Å². The van der Waals surface area contributed by atoms with Crippen molar-refractivity contribution >= 4 is 28.2 Å². The summed E-state index contributed by atoms with van der Waals surface area (Å²) in [6.45, 7) is 5.84. The zero-order valence-electron chi connectivity index (χ0n) is 21.6. The van der Waals surface area contributed by atoms with Crippen molar-refractivity contribution in [2.45, 2.75) is 82.5 Å². The standard InChI is InChI=1S/C29H35FN4O3/c1-16(2)34-15-20(28(36)37)27(35)24-23(34)14-22(25(30)26(24)31)33-29(3)11-9-18(10-12-29)32-21-13-19(21)17-7-5-4-6-8-17/h4-8,14-16,18-19,21,32-33H,9-13,31H2,1-3H3,(H,36,37)/t18-,19-,21+,29+/m1/s1. The molecule has 0 unspecified atom stereocenters. The fraction of sp³-hybridized carbons (Fsp3) is 0.448. The van der Waals surface area contributed by atoms with Gasteiger partial charge in [-0.2, -0.15) is 0 Å². The Kier molecular flexibility index (Phi) is 6.48. The van der Waals surface area contributed by atoms with Crippen molar-refractivity contribution in [2.75, 3.05) is 11.1 Å². The predicted molar refractivity (Wildman–Crippen MR) is 145 cm³/mol. The molecule has 0 aliphatic heterocycles. The van der Waals surface area contributed by atoms with Crippen LogP contribution in [0.5, 0.6) is 0 Å². The second kappa shape index (κ2) is 9.49. The number of fused-ring (bicyclic) bond motifs is 1. The summed E-state index contributed by atoms with van der Waals surface area (Å²) in [5.74, 6) is -1.49. The van der Waals surface area contributed by atoms with Gasteiger partial charge in [-0.25, -0.2) is 9.18 Å². The summed E-state index contributed by atoms with van der Waals surface area (Å²) < 4.78 is 17.1. The number of pyridine rings is 1. The van der Waals surface area contributed by atoms with Gasteiger partial charge in [0.1, 0.15) is 5.56 Å². The lowest BCUT2D eigenvalue weighted by Crippen LogP contribution is -2.45. The zero-order chi connectivity index (χ0) is 26.5. The number of carbonyl (C=O) groups is 1. The maximum absolute atomic E-state index is 15.5. The summed E-state index contributed by atoms with van der Waals surface area (Å²) in [6.07, 6.45) is 6.16. The van der Waals surface area contributed by atoms with Crippen molar-refractivity contribution in [3.05, 3.63) is 69.8 Å². The Morgan fingerprint density at radius 2 is 1.89 bits per heavy atom. The van der Waals surface area contributed by atoms with E-state index in [1.807, 2.05) is 19.9 Å². The molecule has 8 heteroatoms. The number of nitrogens with two attached hydrogens (primary N) is 1. The number of carboxylic acids is 1. The Bertz CT molecular complexity index is 1390. The van der Waals surface area contributed by atoms with Crippen LogP contribution in [0.15, 0.2) is 47.4 Å². The van der Waals surface area contributed by atoms with Crippen LogP contribution in [0.4, 0.5) is 15.8 Å². The van der Waals surface area contributed by atoms with Crippen LogP contribution < -0.4 is 21.8 Å². The van der Waals surface area contributed by atoms with Crippen molar-refractivity contribution in [1.29, 1.82) is 0 Å². The van der Waals surface area contributed by atoms with E-state index in [0.717, 1.165) is 25.7 Å². The minimum Gasteiger partial charge on any atom is -0.477 e. The first kappa shape index (κ1) is 25.3. The molecule has 0 amide bonds. The first-order chi connectivity index (χ1) is 17.6. The quantitative estimate of drug-likeness (QED) is 0.326. The maximum atomic E-state index is 15.5. The number of nitrogens with zero attached hydrogens (tertiary/aromatic N) is 1. The van der Waals surface area contributed by atoms with Crippen LogP contribution in [0.1, 0.15) is 80.8 Å². The van der Waals surface area contributed by atoms with Crippen molar-refractivity contribution in [1.82, 2.24) is 9.88 Å². The van der Waals surface area contributed by atoms with Gasteiger partial charge < -0.3 is 26.0 Å². The molecular weight excluding hydrogens is 471 g/mol. The number of anilines is 2. The van der Waals surface area contributed by atoms with Crippen LogP contribution in [0, 0.1) is 5.82 Å². The molecule has 1 heterocycles. The number of aromatic carboxylic acids is 1. The van der Waals surface area contributed by atoms with Crippen molar-refractivity contribution in [3.8, 4) is 0 Å². The number of hydrogen-bond donors (Lipinski definition) is 4. The molecule has 2 saturated carbocycles. The van der Waals surface area contributed by atoms with E-state index in [4.69, 9.17) is 5.73 Å². The van der Waals surface area contributed by atoms with E-state index in [9.17, 15) is 14.7 Å². The molecular formula is C29H35FN4O3. The van der Waals surface area contributed by atoms with E-state index in [-0.39, 0.29) is 28.3 Å². The lowest BCUT2D eigenvalue weighted by molar-refractivity contribution is 0.0694. The smallest absolute Gasteiger partial charge is 0.341 e. The fourth-order valence-electron chi connectivity index (χ4n) is 5.80. The monoisotopic (exact) mass is 506 g/mol. The molecule has 3 aromatic rings. The molecule has 37 heavy (non-hydrogen) atoms. The summed E-state index contributed by atoms with van der Waals surface area (Å²) in [5.41, 5.74) is 6.34. The first-order valence-electron chi connectivity index (χ1n) is 13.1. The van der Waals surface area contributed by atoms with Gasteiger partial charge in [0.2, 0.25) is 5.43 Å². The Morgan fingerprint density at radius 3 is 2.51 bits per heavy atom. The topological polar surface area (TPSA) is 109 Å². The van der Waals surface area contributed by atoms with Crippen molar-refractivity contribution < 1.29 is 14.3 Å². The zero-order valence-corrected chi connectivity index (χ0v) is 21.6. The third-order valence-corrected chi connectivity index (χ3v) is 8.08. The summed E-state index contributed by atoms with van der Waals surface area (Å²) in [5, 5.41) is 16.6. The molecule has 1 aromatic heterocycles. The molecule has 196 valence electrons. The van der Waals surface area contributed by atoms with Gasteiger partial charge in [0.05, 0.1) is 22.3 Å². The minimum atomic E-state index is -1.36. The summed E-state index contributed by atoms with van der Waals surface area (Å²) >= 11 is 0. The lowest BCUT2D eigenvalue weighted by Gasteiger charge is -2.39. The highest BCUT2D eigenvalue weighted by Crippen LogP contribution is 2.42. The van der Waals surface area contributed by atoms with E-state index in [0.29, 0.717) is 23.5 Å². The molecule has 2 fully saturated rings. The molecule has 0 saturated heterocycles. The van der Waals surface area contributed by atoms with Crippen LogP contribution >= 0.6 is 0 Å². The van der Waals surface area contributed by atoms with Gasteiger partial charge in [0, 0.05) is 35.8 Å². The third-order valence-electron chi connectivity index (χ3n) is 8.08. The molecule has 7 nitrogen and oxygen atoms in total. The van der Waals surface area contributed by atoms with E-state index in [1.54, 1.807) is 10.6 Å². The van der Waals surface area contributed by atoms with Crippen LogP contribution in [0.25, 0.3) is 10.9 Å². The third kappa shape index (κ3) is 4.82. The van der Waals surface area contributed by atoms with Gasteiger partial charge in [-0.05, 0) is 64.5 Å². The molecule has 5 N–H and O–H groups in total. The average molecular weight is 507 g/mol. The normalized spacial score (nSPS) is 25.4. The highest BCUT2D eigenvalue weighted by Gasteiger charge is 2.41. The van der Waals surface area contributed by atoms with Crippen LogP contribution in [-0.2, 0) is 0 Å². The SMILES string of the molecule is CC(C)n1cc(C(=O)O)c(=O)c2c(N)c(F)c(N[C@]3(C)CC[C@H](N[C@H]4C[C@@H]4c4ccccc4)CC3)cc21. The van der Waals surface area contributed by atoms with E-state index in [1.165, 1.54) is 18.2 Å². The highest BCUT2D eigenvalue weighted by molar-refractivity contribution is 5.99. The van der Waals surface area contributed by atoms with E-state index >= 15 is 4.39 Å². The predicted octanol–water partition coefficient (Wildman–Crippen LogP) is 5.26. The van der Waals surface area contributed by atoms with Gasteiger partial charge in [-0.3, -0.25) is 4.79 Å². The number of hydrogen-bond acceptors (Lipinski definition) is 5. The molecule has 0 radical (unpaired) electrons. The van der Waals surface area contributed by atoms with Gasteiger partial charge in [-0.15, -0.1) is 0 Å². The van der Waals surface area contributed by atoms with E-state index in [2.05, 4.69) is 41.8 Å². The Hall–Kier alpha value is -3.39. The van der Waals surface area contributed by atoms with Crippen LogP contribution in [0.3, 0.4) is 0 Å². The van der Waals surface area contributed by atoms with Crippen LogP contribution in [0.2, 0.25) is 0 Å². The largest absolute Gasteiger partial charge is 0.477 e. The summed E-state index contributed by atoms with van der Waals surface area (Å²) in [7, 11) is 0. The van der Waals surface area contributed by atoms with Gasteiger partial charge in [0.25, 0.3) is 0 Å². The molecule has 2 aromatic carbocycles. The Balaban J connectivity index is 1.33. The Morgan fingerprint density at radius 1 is 1.22 bits per heavy atom. The molecule has 0 bridgehead atoms. The molecule has 5 rings (SSSR count). The number of nitrogens with one attached hydrogen (secondary N) is 2. The molecule has 0 spiro atoms. The Labute approximate surface area is 215 Å². The minimum absolute atomic E-state index is 0.0906. The number of halogens is 1. The van der Waals surface area contributed by atoms with Gasteiger partial charge >= 0.3 is 5.97 Å². The van der Waals surface area contributed by atoms with Crippen molar-refractivity contribution in [2.24, 2.45) is 0 Å². The average Bonchev–Trinajstić information content (AvgIpc) is 3.63. The van der Waals surface area contributed by atoms with Crippen molar-refractivity contribution in [3.63, 3.8) is 0 Å². The maximum Gasteiger partial charge on any atom is 0.341 e. The number of carboxylic acid groups (broad SMARTS) is 1. The molecule has 2 atom stereocenters. The summed E-state index contributed by atoms with van der Waals surface area (Å²) in [4.78, 5) is 24.5. The second-order valence-electron chi connectivity index (χ2n) is 11.2. The number of benzene rings is 2. The number of nitrogen functional groups attached to an aromatic ring is 1. The lowest BCUT2D eigenvalue weighted by atomic mass is 9.80. The molecule has 2 aliphatic carbocycles. The number of rotatable bonds is 7. The van der Waals surface area contributed by atoms with Crippen LogP contribution in [-0.4, -0.2) is 33.3 Å². The van der Waals surface area contributed by atoms with E-state index < -0.39 is 22.8 Å². The first-order valence-corrected chi connectivity index (χ1v) is 13.1. The summed E-state index contributed by atoms with van der Waals surface area (Å²) in [6, 6.07) is 13.0.